The topological polar surface area (TPSA) is 62.1 Å². The summed E-state index contributed by atoms with van der Waals surface area (Å²) in [5, 5.41) is 0. The minimum Gasteiger partial charge on any atom is -0.367 e. The zero-order valence-corrected chi connectivity index (χ0v) is 11.1. The molecule has 2 heterocycles. The summed E-state index contributed by atoms with van der Waals surface area (Å²) >= 11 is 0. The molecule has 1 aromatic heterocycles. The number of nitrogens with one attached hydrogen (secondary N) is 1. The van der Waals surface area contributed by atoms with Crippen molar-refractivity contribution in [2.75, 3.05) is 13.1 Å². The highest BCUT2D eigenvalue weighted by atomic mass is 16.2. The van der Waals surface area contributed by atoms with E-state index in [1.54, 1.807) is 0 Å². The Morgan fingerprint density at radius 1 is 1.56 bits per heavy atom. The van der Waals surface area contributed by atoms with E-state index in [0.29, 0.717) is 13.0 Å². The Bertz CT molecular complexity index is 388. The zero-order valence-electron chi connectivity index (χ0n) is 11.1. The molecule has 18 heavy (non-hydrogen) atoms. The normalized spacial score (nSPS) is 24.2. The standard InChI is InChI=1S/C14H23N3O/c1-14(11-15)7-2-3-9-17(14)13(18)5-4-12-6-8-16-10-12/h6,8,10,16H,2-5,7,9,11,15H2,1H3. The van der Waals surface area contributed by atoms with E-state index in [1.165, 1.54) is 12.0 Å². The first-order valence-corrected chi connectivity index (χ1v) is 6.78. The smallest absolute Gasteiger partial charge is 0.223 e. The van der Waals surface area contributed by atoms with E-state index < -0.39 is 0 Å². The molecule has 1 unspecified atom stereocenters. The van der Waals surface area contributed by atoms with E-state index in [9.17, 15) is 4.79 Å². The van der Waals surface area contributed by atoms with Gasteiger partial charge in [0.1, 0.15) is 0 Å². The summed E-state index contributed by atoms with van der Waals surface area (Å²) in [5.74, 6) is 0.240. The van der Waals surface area contributed by atoms with Crippen LogP contribution in [-0.2, 0) is 11.2 Å². The number of hydrogen-bond acceptors (Lipinski definition) is 2. The van der Waals surface area contributed by atoms with Crippen LogP contribution in [0.2, 0.25) is 0 Å². The van der Waals surface area contributed by atoms with Crippen molar-refractivity contribution in [1.82, 2.24) is 9.88 Å². The molecule has 0 spiro atoms. The Morgan fingerprint density at radius 3 is 3.06 bits per heavy atom. The molecule has 4 heteroatoms. The molecule has 1 atom stereocenters. The van der Waals surface area contributed by atoms with Crippen LogP contribution in [0.5, 0.6) is 0 Å². The Kier molecular flexibility index (Phi) is 4.07. The number of aryl methyl sites for hydroxylation is 1. The Morgan fingerprint density at radius 2 is 2.39 bits per heavy atom. The fourth-order valence-electron chi connectivity index (χ4n) is 2.72. The minimum atomic E-state index is -0.131. The summed E-state index contributed by atoms with van der Waals surface area (Å²) in [6, 6.07) is 2.02. The number of H-pyrrole nitrogens is 1. The maximum absolute atomic E-state index is 12.3. The molecule has 1 aliphatic rings. The van der Waals surface area contributed by atoms with Gasteiger partial charge in [0.2, 0.25) is 5.91 Å². The quantitative estimate of drug-likeness (QED) is 0.852. The van der Waals surface area contributed by atoms with E-state index in [2.05, 4.69) is 11.9 Å². The lowest BCUT2D eigenvalue weighted by Gasteiger charge is -2.44. The van der Waals surface area contributed by atoms with Crippen LogP contribution >= 0.6 is 0 Å². The van der Waals surface area contributed by atoms with E-state index >= 15 is 0 Å². The second-order valence-corrected chi connectivity index (χ2v) is 5.42. The summed E-state index contributed by atoms with van der Waals surface area (Å²) in [7, 11) is 0. The van der Waals surface area contributed by atoms with Crippen molar-refractivity contribution >= 4 is 5.91 Å². The summed E-state index contributed by atoms with van der Waals surface area (Å²) in [4.78, 5) is 17.3. The van der Waals surface area contributed by atoms with Gasteiger partial charge < -0.3 is 15.6 Å². The monoisotopic (exact) mass is 249 g/mol. The molecule has 100 valence electrons. The molecule has 4 nitrogen and oxygen atoms in total. The fourth-order valence-corrected chi connectivity index (χ4v) is 2.72. The number of nitrogens with two attached hydrogens (primary N) is 1. The van der Waals surface area contributed by atoms with Gasteiger partial charge in [0.15, 0.2) is 0 Å². The van der Waals surface area contributed by atoms with Gasteiger partial charge >= 0.3 is 0 Å². The molecule has 1 saturated heterocycles. The van der Waals surface area contributed by atoms with Crippen LogP contribution in [0.15, 0.2) is 18.5 Å². The predicted molar refractivity (Wildman–Crippen MR) is 72.1 cm³/mol. The number of nitrogens with zero attached hydrogens (tertiary/aromatic N) is 1. The number of rotatable bonds is 4. The average Bonchev–Trinajstić information content (AvgIpc) is 2.89. The Balaban J connectivity index is 1.94. The summed E-state index contributed by atoms with van der Waals surface area (Å²) in [6.45, 7) is 3.53. The van der Waals surface area contributed by atoms with Gasteiger partial charge in [0.05, 0.1) is 5.54 Å². The van der Waals surface area contributed by atoms with Crippen LogP contribution in [-0.4, -0.2) is 34.4 Å². The van der Waals surface area contributed by atoms with Gasteiger partial charge in [-0.25, -0.2) is 0 Å². The number of carbonyl (C=O) groups excluding carboxylic acids is 1. The largest absolute Gasteiger partial charge is 0.367 e. The first kappa shape index (κ1) is 13.1. The molecular formula is C14H23N3O. The second-order valence-electron chi connectivity index (χ2n) is 5.42. The molecule has 1 aliphatic heterocycles. The average molecular weight is 249 g/mol. The third kappa shape index (κ3) is 2.75. The third-order valence-corrected chi connectivity index (χ3v) is 4.03. The Hall–Kier alpha value is -1.29. The molecule has 0 saturated carbocycles. The molecule has 0 aliphatic carbocycles. The van der Waals surface area contributed by atoms with Crippen LogP contribution in [0, 0.1) is 0 Å². The molecule has 1 aromatic rings. The van der Waals surface area contributed by atoms with Gasteiger partial charge in [0.25, 0.3) is 0 Å². The van der Waals surface area contributed by atoms with Crippen molar-refractivity contribution in [2.45, 2.75) is 44.6 Å². The molecule has 1 fully saturated rings. The maximum atomic E-state index is 12.3. The van der Waals surface area contributed by atoms with Gasteiger partial charge in [-0.15, -0.1) is 0 Å². The van der Waals surface area contributed by atoms with Crippen LogP contribution < -0.4 is 5.73 Å². The summed E-state index contributed by atoms with van der Waals surface area (Å²) in [5.41, 5.74) is 6.92. The van der Waals surface area contributed by atoms with Crippen molar-refractivity contribution in [3.63, 3.8) is 0 Å². The highest BCUT2D eigenvalue weighted by Gasteiger charge is 2.35. The highest BCUT2D eigenvalue weighted by molar-refractivity contribution is 5.77. The number of aromatic amines is 1. The third-order valence-electron chi connectivity index (χ3n) is 4.03. The zero-order chi connectivity index (χ0) is 13.0. The number of hydrogen-bond donors (Lipinski definition) is 2. The van der Waals surface area contributed by atoms with Gasteiger partial charge in [-0.05, 0) is 44.2 Å². The Labute approximate surface area is 109 Å². The van der Waals surface area contributed by atoms with Gasteiger partial charge in [-0.2, -0.15) is 0 Å². The molecule has 2 rings (SSSR count). The van der Waals surface area contributed by atoms with Crippen molar-refractivity contribution in [1.29, 1.82) is 0 Å². The number of amides is 1. The second kappa shape index (κ2) is 5.57. The first-order valence-electron chi connectivity index (χ1n) is 6.78. The van der Waals surface area contributed by atoms with Crippen molar-refractivity contribution < 1.29 is 4.79 Å². The van der Waals surface area contributed by atoms with Crippen LogP contribution in [0.1, 0.15) is 38.2 Å². The molecular weight excluding hydrogens is 226 g/mol. The van der Waals surface area contributed by atoms with E-state index in [-0.39, 0.29) is 11.4 Å². The molecule has 0 radical (unpaired) electrons. The predicted octanol–water partition coefficient (Wildman–Crippen LogP) is 1.68. The van der Waals surface area contributed by atoms with Crippen molar-refractivity contribution in [3.05, 3.63) is 24.0 Å². The number of aromatic nitrogens is 1. The summed E-state index contributed by atoms with van der Waals surface area (Å²) < 4.78 is 0. The number of likely N-dealkylation sites (tertiary alicyclic amines) is 1. The van der Waals surface area contributed by atoms with Gasteiger partial charge in [-0.3, -0.25) is 4.79 Å². The van der Waals surface area contributed by atoms with E-state index in [0.717, 1.165) is 25.8 Å². The lowest BCUT2D eigenvalue weighted by atomic mass is 9.88. The van der Waals surface area contributed by atoms with E-state index in [1.807, 2.05) is 23.4 Å². The van der Waals surface area contributed by atoms with Gasteiger partial charge in [0, 0.05) is 31.9 Å². The maximum Gasteiger partial charge on any atom is 0.223 e. The number of piperidine rings is 1. The fraction of sp³-hybridized carbons (Fsp3) is 0.643. The number of carbonyl (C=O) groups is 1. The van der Waals surface area contributed by atoms with Crippen molar-refractivity contribution in [2.24, 2.45) is 5.73 Å². The lowest BCUT2D eigenvalue weighted by molar-refractivity contribution is -0.138. The lowest BCUT2D eigenvalue weighted by Crippen LogP contribution is -2.56. The van der Waals surface area contributed by atoms with Crippen molar-refractivity contribution in [3.8, 4) is 0 Å². The molecule has 0 bridgehead atoms. The molecule has 3 N–H and O–H groups in total. The van der Waals surface area contributed by atoms with Crippen LogP contribution in [0.25, 0.3) is 0 Å². The van der Waals surface area contributed by atoms with Gasteiger partial charge in [-0.1, -0.05) is 0 Å². The first-order chi connectivity index (χ1) is 8.65. The molecule has 0 aromatic carbocycles. The molecule has 1 amide bonds. The summed E-state index contributed by atoms with van der Waals surface area (Å²) in [6.07, 6.45) is 8.53. The van der Waals surface area contributed by atoms with Crippen LogP contribution in [0.3, 0.4) is 0 Å². The van der Waals surface area contributed by atoms with E-state index in [4.69, 9.17) is 5.73 Å². The highest BCUT2D eigenvalue weighted by Crippen LogP contribution is 2.27. The SMILES string of the molecule is CC1(CN)CCCCN1C(=O)CCc1cc[nH]c1. The minimum absolute atomic E-state index is 0.131. The van der Waals surface area contributed by atoms with Crippen LogP contribution in [0.4, 0.5) is 0 Å².